The van der Waals surface area contributed by atoms with Crippen LogP contribution in [0.3, 0.4) is 0 Å². The number of para-hydroxylation sites is 2. The van der Waals surface area contributed by atoms with Crippen molar-refractivity contribution in [2.45, 2.75) is 13.8 Å². The summed E-state index contributed by atoms with van der Waals surface area (Å²) in [6.07, 6.45) is 0. The van der Waals surface area contributed by atoms with Crippen LogP contribution in [-0.2, 0) is 14.1 Å². The highest BCUT2D eigenvalue weighted by Crippen LogP contribution is 2.23. The zero-order chi connectivity index (χ0) is 20.0. The quantitative estimate of drug-likeness (QED) is 0.554. The van der Waals surface area contributed by atoms with Gasteiger partial charge in [0.05, 0.1) is 22.5 Å². The number of hydrogen-bond acceptors (Lipinski definition) is 2. The topological polar surface area (TPSA) is 53.9 Å². The molecule has 0 radical (unpaired) electrons. The molecule has 2 aromatic carbocycles. The molecule has 4 aromatic rings. The Kier molecular flexibility index (Phi) is 4.19. The van der Waals surface area contributed by atoms with Crippen LogP contribution in [-0.4, -0.2) is 18.7 Å². The molecule has 0 amide bonds. The van der Waals surface area contributed by atoms with E-state index in [1.54, 1.807) is 18.7 Å². The van der Waals surface area contributed by atoms with E-state index in [0.29, 0.717) is 11.1 Å². The fourth-order valence-electron chi connectivity index (χ4n) is 3.71. The summed E-state index contributed by atoms with van der Waals surface area (Å²) in [5.41, 5.74) is 3.52. The number of aromatic nitrogens is 4. The highest BCUT2D eigenvalue weighted by Gasteiger charge is 2.25. The second kappa shape index (κ2) is 6.56. The smallest absolute Gasteiger partial charge is 0.279 e. The summed E-state index contributed by atoms with van der Waals surface area (Å²) in [4.78, 5) is 26.7. The minimum atomic E-state index is -0.197. The van der Waals surface area contributed by atoms with E-state index in [0.717, 1.165) is 22.8 Å². The monoisotopic (exact) mass is 374 g/mol. The molecule has 2 heterocycles. The highest BCUT2D eigenvalue weighted by atomic mass is 16.1. The van der Waals surface area contributed by atoms with E-state index < -0.39 is 0 Å². The fraction of sp³-hybridized carbons (Fsp3) is 0.182. The first-order valence-electron chi connectivity index (χ1n) is 9.12. The summed E-state index contributed by atoms with van der Waals surface area (Å²) in [6, 6.07) is 18.9. The van der Waals surface area contributed by atoms with E-state index in [4.69, 9.17) is 0 Å². The molecule has 0 aliphatic carbocycles. The maximum absolute atomic E-state index is 13.4. The molecule has 142 valence electrons. The minimum absolute atomic E-state index is 0.197. The van der Waals surface area contributed by atoms with Crippen molar-refractivity contribution < 1.29 is 0 Å². The molecule has 0 saturated carbocycles. The van der Waals surface area contributed by atoms with Crippen molar-refractivity contribution in [3.63, 3.8) is 0 Å². The van der Waals surface area contributed by atoms with Gasteiger partial charge in [0.1, 0.15) is 0 Å². The summed E-state index contributed by atoms with van der Waals surface area (Å²) >= 11 is 0. The van der Waals surface area contributed by atoms with Gasteiger partial charge in [-0.3, -0.25) is 19.0 Å². The molecule has 0 saturated heterocycles. The van der Waals surface area contributed by atoms with Gasteiger partial charge in [-0.1, -0.05) is 36.4 Å². The van der Waals surface area contributed by atoms with Crippen molar-refractivity contribution in [3.05, 3.63) is 92.8 Å². The van der Waals surface area contributed by atoms with Crippen LogP contribution < -0.4 is 11.1 Å². The standard InChI is InChI=1S/C22H22N4O2/c1-15-19(21(27)25(23(15)3)17-11-7-5-8-12-17)20-16(2)24(4)26(22(20)28)18-13-9-6-10-14-18/h5-14H,1-4H3. The van der Waals surface area contributed by atoms with Crippen molar-refractivity contribution in [2.24, 2.45) is 14.1 Å². The zero-order valence-corrected chi connectivity index (χ0v) is 16.4. The van der Waals surface area contributed by atoms with Crippen molar-refractivity contribution in [2.75, 3.05) is 0 Å². The van der Waals surface area contributed by atoms with E-state index >= 15 is 0 Å². The summed E-state index contributed by atoms with van der Waals surface area (Å²) < 4.78 is 6.80. The largest absolute Gasteiger partial charge is 0.285 e. The lowest BCUT2D eigenvalue weighted by molar-refractivity contribution is 0.630. The van der Waals surface area contributed by atoms with Crippen molar-refractivity contribution in [1.29, 1.82) is 0 Å². The molecule has 0 aliphatic rings. The first kappa shape index (κ1) is 17.9. The number of benzene rings is 2. The van der Waals surface area contributed by atoms with Gasteiger partial charge in [0.15, 0.2) is 0 Å². The number of nitrogens with zero attached hydrogens (tertiary/aromatic N) is 4. The lowest BCUT2D eigenvalue weighted by Crippen LogP contribution is -2.22. The Bertz CT molecular complexity index is 1170. The Labute approximate surface area is 162 Å². The van der Waals surface area contributed by atoms with E-state index in [1.807, 2.05) is 88.6 Å². The third kappa shape index (κ3) is 2.49. The Hall–Kier alpha value is -3.54. The van der Waals surface area contributed by atoms with Gasteiger partial charge in [-0.2, -0.15) is 0 Å². The van der Waals surface area contributed by atoms with Gasteiger partial charge in [0.2, 0.25) is 0 Å². The molecular weight excluding hydrogens is 352 g/mol. The van der Waals surface area contributed by atoms with Gasteiger partial charge in [-0.15, -0.1) is 0 Å². The van der Waals surface area contributed by atoms with Gasteiger partial charge in [-0.25, -0.2) is 9.36 Å². The van der Waals surface area contributed by atoms with E-state index in [9.17, 15) is 9.59 Å². The molecule has 0 atom stereocenters. The Morgan fingerprint density at radius 2 is 0.893 bits per heavy atom. The number of hydrogen-bond donors (Lipinski definition) is 0. The predicted octanol–water partition coefficient (Wildman–Crippen LogP) is 2.95. The van der Waals surface area contributed by atoms with Crippen molar-refractivity contribution in [3.8, 4) is 22.5 Å². The third-order valence-electron chi connectivity index (χ3n) is 5.36. The molecule has 4 rings (SSSR count). The van der Waals surface area contributed by atoms with Crippen LogP contribution in [0.25, 0.3) is 22.5 Å². The summed E-state index contributed by atoms with van der Waals surface area (Å²) in [6.45, 7) is 3.74. The van der Waals surface area contributed by atoms with Gasteiger partial charge in [0.25, 0.3) is 11.1 Å². The van der Waals surface area contributed by atoms with Gasteiger partial charge < -0.3 is 0 Å². The molecule has 0 bridgehead atoms. The van der Waals surface area contributed by atoms with Gasteiger partial charge >= 0.3 is 0 Å². The molecule has 0 spiro atoms. The Morgan fingerprint density at radius 3 is 1.21 bits per heavy atom. The van der Waals surface area contributed by atoms with E-state index in [1.165, 1.54) is 0 Å². The molecule has 2 aromatic heterocycles. The van der Waals surface area contributed by atoms with Crippen molar-refractivity contribution >= 4 is 0 Å². The minimum Gasteiger partial charge on any atom is -0.285 e. The van der Waals surface area contributed by atoms with E-state index in [-0.39, 0.29) is 11.1 Å². The second-order valence-electron chi connectivity index (χ2n) is 6.87. The third-order valence-corrected chi connectivity index (χ3v) is 5.36. The van der Waals surface area contributed by atoms with E-state index in [2.05, 4.69) is 0 Å². The molecular formula is C22H22N4O2. The van der Waals surface area contributed by atoms with Crippen LogP contribution in [0.4, 0.5) is 0 Å². The molecule has 0 N–H and O–H groups in total. The molecule has 6 nitrogen and oxygen atoms in total. The SMILES string of the molecule is Cc1c(-c2c(C)n(C)n(-c3ccccc3)c2=O)c(=O)n(-c2ccccc2)n1C. The Morgan fingerprint density at radius 1 is 0.571 bits per heavy atom. The lowest BCUT2D eigenvalue weighted by atomic mass is 10.1. The first-order valence-corrected chi connectivity index (χ1v) is 9.12. The molecule has 0 fully saturated rings. The summed E-state index contributed by atoms with van der Waals surface area (Å²) in [5.74, 6) is 0. The molecule has 28 heavy (non-hydrogen) atoms. The Balaban J connectivity index is 2.03. The maximum atomic E-state index is 13.4. The summed E-state index contributed by atoms with van der Waals surface area (Å²) in [7, 11) is 3.67. The second-order valence-corrected chi connectivity index (χ2v) is 6.87. The van der Waals surface area contributed by atoms with Crippen LogP contribution in [0.15, 0.2) is 70.3 Å². The predicted molar refractivity (Wildman–Crippen MR) is 110 cm³/mol. The van der Waals surface area contributed by atoms with Crippen LogP contribution >= 0.6 is 0 Å². The first-order chi connectivity index (χ1) is 13.4. The van der Waals surface area contributed by atoms with Crippen LogP contribution in [0.5, 0.6) is 0 Å². The lowest BCUT2D eigenvalue weighted by Gasteiger charge is -2.07. The van der Waals surface area contributed by atoms with Gasteiger partial charge in [-0.05, 0) is 38.1 Å². The average molecular weight is 374 g/mol. The molecule has 6 heteroatoms. The molecule has 0 unspecified atom stereocenters. The van der Waals surface area contributed by atoms with Crippen molar-refractivity contribution in [1.82, 2.24) is 18.7 Å². The van der Waals surface area contributed by atoms with Gasteiger partial charge in [0, 0.05) is 25.5 Å². The van der Waals surface area contributed by atoms with Crippen LogP contribution in [0.1, 0.15) is 11.4 Å². The molecule has 0 aliphatic heterocycles. The summed E-state index contributed by atoms with van der Waals surface area (Å²) in [5, 5.41) is 0. The maximum Gasteiger partial charge on any atom is 0.279 e. The zero-order valence-electron chi connectivity index (χ0n) is 16.4. The fourth-order valence-corrected chi connectivity index (χ4v) is 3.71. The van der Waals surface area contributed by atoms with Crippen LogP contribution in [0.2, 0.25) is 0 Å². The normalized spacial score (nSPS) is 11.1. The highest BCUT2D eigenvalue weighted by molar-refractivity contribution is 5.68. The average Bonchev–Trinajstić information content (AvgIpc) is 3.06. The van der Waals surface area contributed by atoms with Crippen LogP contribution in [0, 0.1) is 13.8 Å². The number of rotatable bonds is 3.